The molecule has 5 nitrogen and oxygen atoms in total. The zero-order valence-corrected chi connectivity index (χ0v) is 19.0. The third-order valence-electron chi connectivity index (χ3n) is 5.24. The molecule has 29 heavy (non-hydrogen) atoms. The van der Waals surface area contributed by atoms with Crippen LogP contribution in [0.15, 0.2) is 42.5 Å². The van der Waals surface area contributed by atoms with Crippen LogP contribution in [-0.2, 0) is 14.8 Å². The molecular formula is C23H32N2O3S. The van der Waals surface area contributed by atoms with Gasteiger partial charge in [-0.05, 0) is 68.0 Å². The average Bonchev–Trinajstić information content (AvgIpc) is 2.65. The Bertz CT molecular complexity index is 970. The molecule has 0 bridgehead atoms. The third-order valence-corrected chi connectivity index (χ3v) is 6.42. The number of carbonyl (C=O) groups excluding carboxylic acids is 1. The molecule has 0 radical (unpaired) electrons. The minimum atomic E-state index is -3.64. The van der Waals surface area contributed by atoms with E-state index in [1.807, 2.05) is 45.9 Å². The van der Waals surface area contributed by atoms with Crippen molar-refractivity contribution < 1.29 is 13.2 Å². The first kappa shape index (κ1) is 22.9. The fraction of sp³-hybridized carbons (Fsp3) is 0.435. The van der Waals surface area contributed by atoms with Crippen LogP contribution in [0.25, 0.3) is 0 Å². The molecular weight excluding hydrogens is 384 g/mol. The Balaban J connectivity index is 2.36. The molecule has 0 fully saturated rings. The predicted molar refractivity (Wildman–Crippen MR) is 120 cm³/mol. The van der Waals surface area contributed by atoms with Crippen molar-refractivity contribution in [2.75, 3.05) is 10.6 Å². The Labute approximate surface area is 175 Å². The van der Waals surface area contributed by atoms with Gasteiger partial charge < -0.3 is 5.32 Å². The summed E-state index contributed by atoms with van der Waals surface area (Å²) in [4.78, 5) is 13.2. The number of anilines is 1. The van der Waals surface area contributed by atoms with Crippen molar-refractivity contribution in [2.24, 2.45) is 0 Å². The van der Waals surface area contributed by atoms with Gasteiger partial charge in [-0.2, -0.15) is 0 Å². The van der Waals surface area contributed by atoms with Crippen molar-refractivity contribution in [3.05, 3.63) is 64.7 Å². The Kier molecular flexibility index (Phi) is 7.47. The summed E-state index contributed by atoms with van der Waals surface area (Å²) in [6.07, 6.45) is 2.23. The third kappa shape index (κ3) is 5.60. The fourth-order valence-electron chi connectivity index (χ4n) is 3.50. The molecule has 158 valence electrons. The number of hydrogen-bond acceptors (Lipinski definition) is 3. The van der Waals surface area contributed by atoms with Gasteiger partial charge in [-0.3, -0.25) is 9.10 Å². The van der Waals surface area contributed by atoms with E-state index in [-0.39, 0.29) is 11.9 Å². The Hall–Kier alpha value is -2.34. The molecule has 1 N–H and O–H groups in total. The second-order valence-electron chi connectivity index (χ2n) is 7.63. The van der Waals surface area contributed by atoms with Crippen LogP contribution in [0.3, 0.4) is 0 Å². The maximum absolute atomic E-state index is 13.2. The molecule has 2 aromatic rings. The smallest absolute Gasteiger partial charge is 0.244 e. The molecule has 2 rings (SSSR count). The summed E-state index contributed by atoms with van der Waals surface area (Å²) in [6.45, 7) is 9.84. The highest BCUT2D eigenvalue weighted by atomic mass is 32.2. The van der Waals surface area contributed by atoms with Crippen molar-refractivity contribution >= 4 is 21.6 Å². The van der Waals surface area contributed by atoms with E-state index in [0.29, 0.717) is 18.5 Å². The average molecular weight is 417 g/mol. The number of rotatable bonds is 8. The van der Waals surface area contributed by atoms with Crippen LogP contribution in [0.1, 0.15) is 55.0 Å². The fourth-order valence-corrected chi connectivity index (χ4v) is 4.70. The van der Waals surface area contributed by atoms with Crippen LogP contribution in [0.5, 0.6) is 0 Å². The maximum Gasteiger partial charge on any atom is 0.244 e. The molecule has 0 aromatic heterocycles. The number of nitrogens with zero attached hydrogens (tertiary/aromatic N) is 1. The number of carbonyl (C=O) groups is 1. The molecule has 0 aliphatic carbocycles. The first-order valence-corrected chi connectivity index (χ1v) is 11.9. The van der Waals surface area contributed by atoms with Gasteiger partial charge in [0, 0.05) is 0 Å². The van der Waals surface area contributed by atoms with Crippen LogP contribution in [0.4, 0.5) is 5.69 Å². The molecule has 2 atom stereocenters. The number of amides is 1. The SMILES string of the molecule is CC[C@@H](NC(=O)[C@H](CC)N(c1cccc(C)c1)S(C)(=O)=O)c1ccc(C)c(C)c1. The molecule has 0 heterocycles. The van der Waals surface area contributed by atoms with Gasteiger partial charge in [0.25, 0.3) is 0 Å². The van der Waals surface area contributed by atoms with Gasteiger partial charge in [0.2, 0.25) is 15.9 Å². The summed E-state index contributed by atoms with van der Waals surface area (Å²) in [7, 11) is -3.64. The predicted octanol–water partition coefficient (Wildman–Crippen LogP) is 4.42. The van der Waals surface area contributed by atoms with Crippen molar-refractivity contribution in [3.63, 3.8) is 0 Å². The van der Waals surface area contributed by atoms with E-state index in [2.05, 4.69) is 18.3 Å². The minimum absolute atomic E-state index is 0.172. The largest absolute Gasteiger partial charge is 0.347 e. The molecule has 0 spiro atoms. The number of nitrogens with one attached hydrogen (secondary N) is 1. The van der Waals surface area contributed by atoms with Gasteiger partial charge in [-0.15, -0.1) is 0 Å². The van der Waals surface area contributed by atoms with Gasteiger partial charge in [-0.25, -0.2) is 8.42 Å². The second-order valence-corrected chi connectivity index (χ2v) is 9.49. The highest BCUT2D eigenvalue weighted by Crippen LogP contribution is 2.25. The van der Waals surface area contributed by atoms with Gasteiger partial charge >= 0.3 is 0 Å². The number of aryl methyl sites for hydroxylation is 3. The summed E-state index contributed by atoms with van der Waals surface area (Å²) in [5.74, 6) is -0.287. The summed E-state index contributed by atoms with van der Waals surface area (Å²) in [5.41, 5.74) is 4.84. The molecule has 0 unspecified atom stereocenters. The Morgan fingerprint density at radius 1 is 1.00 bits per heavy atom. The van der Waals surface area contributed by atoms with Crippen LogP contribution in [0.2, 0.25) is 0 Å². The van der Waals surface area contributed by atoms with Gasteiger partial charge in [0.15, 0.2) is 0 Å². The van der Waals surface area contributed by atoms with E-state index in [0.717, 1.165) is 17.4 Å². The first-order chi connectivity index (χ1) is 13.6. The molecule has 6 heteroatoms. The number of sulfonamides is 1. The lowest BCUT2D eigenvalue weighted by Crippen LogP contribution is -2.50. The monoisotopic (exact) mass is 416 g/mol. The molecule has 1 amide bonds. The molecule has 0 aliphatic heterocycles. The summed E-state index contributed by atoms with van der Waals surface area (Å²) in [5, 5.41) is 3.07. The van der Waals surface area contributed by atoms with Crippen molar-refractivity contribution in [2.45, 2.75) is 59.5 Å². The van der Waals surface area contributed by atoms with Gasteiger partial charge in [0.1, 0.15) is 6.04 Å². The van der Waals surface area contributed by atoms with E-state index in [1.165, 1.54) is 15.4 Å². The normalized spacial score (nSPS) is 13.6. The van der Waals surface area contributed by atoms with E-state index >= 15 is 0 Å². The molecule has 0 aliphatic rings. The van der Waals surface area contributed by atoms with E-state index in [1.54, 1.807) is 18.2 Å². The summed E-state index contributed by atoms with van der Waals surface area (Å²) < 4.78 is 26.4. The second kappa shape index (κ2) is 9.44. The maximum atomic E-state index is 13.2. The number of benzene rings is 2. The van der Waals surface area contributed by atoms with Crippen molar-refractivity contribution in [1.82, 2.24) is 5.32 Å². The van der Waals surface area contributed by atoms with Crippen LogP contribution in [0, 0.1) is 20.8 Å². The lowest BCUT2D eigenvalue weighted by atomic mass is 9.99. The van der Waals surface area contributed by atoms with Crippen LogP contribution in [-0.4, -0.2) is 26.6 Å². The zero-order valence-electron chi connectivity index (χ0n) is 18.2. The molecule has 2 aromatic carbocycles. The van der Waals surface area contributed by atoms with Crippen LogP contribution >= 0.6 is 0 Å². The van der Waals surface area contributed by atoms with Crippen molar-refractivity contribution in [3.8, 4) is 0 Å². The zero-order chi connectivity index (χ0) is 21.8. The highest BCUT2D eigenvalue weighted by Gasteiger charge is 2.32. The Morgan fingerprint density at radius 3 is 2.21 bits per heavy atom. The molecule has 0 saturated heterocycles. The minimum Gasteiger partial charge on any atom is -0.347 e. The number of hydrogen-bond donors (Lipinski definition) is 1. The van der Waals surface area contributed by atoms with E-state index in [4.69, 9.17) is 0 Å². The van der Waals surface area contributed by atoms with E-state index < -0.39 is 16.1 Å². The lowest BCUT2D eigenvalue weighted by molar-refractivity contribution is -0.123. The lowest BCUT2D eigenvalue weighted by Gasteiger charge is -2.31. The van der Waals surface area contributed by atoms with Gasteiger partial charge in [0.05, 0.1) is 18.0 Å². The highest BCUT2D eigenvalue weighted by molar-refractivity contribution is 7.92. The van der Waals surface area contributed by atoms with E-state index in [9.17, 15) is 13.2 Å². The topological polar surface area (TPSA) is 66.5 Å². The van der Waals surface area contributed by atoms with Gasteiger partial charge in [-0.1, -0.05) is 44.2 Å². The summed E-state index contributed by atoms with van der Waals surface area (Å²) in [6, 6.07) is 12.4. The summed E-state index contributed by atoms with van der Waals surface area (Å²) >= 11 is 0. The standard InChI is InChI=1S/C23H32N2O3S/c1-7-21(19-13-12-17(4)18(5)15-19)24-23(26)22(8-2)25(29(6,27)28)20-11-9-10-16(3)14-20/h9-15,21-22H,7-8H2,1-6H3,(H,24,26)/t21-,22+/m1/s1. The van der Waals surface area contributed by atoms with Crippen LogP contribution < -0.4 is 9.62 Å². The first-order valence-electron chi connectivity index (χ1n) is 10.0. The molecule has 0 saturated carbocycles. The Morgan fingerprint density at radius 2 is 1.69 bits per heavy atom. The quantitative estimate of drug-likeness (QED) is 0.692. The van der Waals surface area contributed by atoms with Crippen molar-refractivity contribution in [1.29, 1.82) is 0 Å².